The first-order valence-corrected chi connectivity index (χ1v) is 12.9. The van der Waals surface area contributed by atoms with Crippen molar-refractivity contribution in [3.05, 3.63) is 12.2 Å². The third-order valence-electron chi connectivity index (χ3n) is 10.6. The van der Waals surface area contributed by atoms with Crippen LogP contribution in [-0.4, -0.2) is 44.3 Å². The van der Waals surface area contributed by atoms with Gasteiger partial charge in [0.05, 0.1) is 23.9 Å². The fraction of sp³-hybridized carbons (Fsp3) is 0.926. The zero-order chi connectivity index (χ0) is 22.8. The lowest BCUT2D eigenvalue weighted by molar-refractivity contribution is -0.282. The molecule has 0 aromatic carbocycles. The topological polar surface area (TPSA) is 80.9 Å². The van der Waals surface area contributed by atoms with Crippen LogP contribution in [0.1, 0.15) is 86.0 Å². The highest BCUT2D eigenvalue weighted by molar-refractivity contribution is 5.19. The maximum atomic E-state index is 11.6. The summed E-state index contributed by atoms with van der Waals surface area (Å²) in [6.07, 6.45) is 9.14. The summed E-state index contributed by atoms with van der Waals surface area (Å²) < 4.78 is 0. The van der Waals surface area contributed by atoms with Crippen LogP contribution in [0.25, 0.3) is 0 Å². The van der Waals surface area contributed by atoms with E-state index >= 15 is 0 Å². The monoisotopic (exact) mass is 434 g/mol. The fourth-order valence-electron chi connectivity index (χ4n) is 9.09. The molecule has 0 aromatic rings. The normalized spacial score (nSPS) is 53.3. The molecule has 31 heavy (non-hydrogen) atoms. The third kappa shape index (κ3) is 3.55. The van der Waals surface area contributed by atoms with Gasteiger partial charge < -0.3 is 20.4 Å². The van der Waals surface area contributed by atoms with Crippen LogP contribution in [-0.2, 0) is 0 Å². The first kappa shape index (κ1) is 23.7. The summed E-state index contributed by atoms with van der Waals surface area (Å²) in [5.41, 5.74) is -1.75. The maximum absolute atomic E-state index is 11.6. The van der Waals surface area contributed by atoms with Crippen LogP contribution < -0.4 is 0 Å². The van der Waals surface area contributed by atoms with Crippen molar-refractivity contribution < 1.29 is 20.4 Å². The van der Waals surface area contributed by atoms with Gasteiger partial charge in [-0.05, 0) is 85.9 Å². The van der Waals surface area contributed by atoms with Crippen LogP contribution in [0, 0.1) is 46.3 Å². The SMILES string of the molecule is CC(C)C=CCC(C)C1CCC2C3CC(O)C4(O)CC(O)CCC4(C)C3C(O)CC12C. The van der Waals surface area contributed by atoms with Gasteiger partial charge in [-0.1, -0.05) is 46.8 Å². The van der Waals surface area contributed by atoms with Crippen LogP contribution >= 0.6 is 0 Å². The molecule has 178 valence electrons. The molecular weight excluding hydrogens is 388 g/mol. The second-order valence-electron chi connectivity index (χ2n) is 12.6. The molecular formula is C27H46O4. The van der Waals surface area contributed by atoms with Gasteiger partial charge in [-0.25, -0.2) is 0 Å². The quantitative estimate of drug-likeness (QED) is 0.497. The van der Waals surface area contributed by atoms with E-state index in [1.165, 1.54) is 6.42 Å². The predicted molar refractivity (Wildman–Crippen MR) is 123 cm³/mol. The summed E-state index contributed by atoms with van der Waals surface area (Å²) in [6.45, 7) is 11.3. The Kier molecular flexibility index (Phi) is 6.21. The molecule has 0 spiro atoms. The highest BCUT2D eigenvalue weighted by Crippen LogP contribution is 2.69. The zero-order valence-electron chi connectivity index (χ0n) is 20.3. The average Bonchev–Trinajstić information content (AvgIpc) is 3.00. The third-order valence-corrected chi connectivity index (χ3v) is 10.6. The summed E-state index contributed by atoms with van der Waals surface area (Å²) in [4.78, 5) is 0. The molecule has 4 aliphatic rings. The van der Waals surface area contributed by atoms with Gasteiger partial charge in [-0.3, -0.25) is 0 Å². The molecule has 4 fully saturated rings. The van der Waals surface area contributed by atoms with E-state index in [-0.39, 0.29) is 23.7 Å². The van der Waals surface area contributed by atoms with Crippen molar-refractivity contribution in [2.45, 2.75) is 110 Å². The van der Waals surface area contributed by atoms with Crippen molar-refractivity contribution in [3.8, 4) is 0 Å². The largest absolute Gasteiger partial charge is 0.393 e. The highest BCUT2D eigenvalue weighted by atomic mass is 16.3. The number of hydrogen-bond donors (Lipinski definition) is 4. The Hall–Kier alpha value is -0.420. The molecule has 0 aromatic heterocycles. The van der Waals surface area contributed by atoms with Crippen molar-refractivity contribution in [3.63, 3.8) is 0 Å². The molecule has 4 nitrogen and oxygen atoms in total. The van der Waals surface area contributed by atoms with Crippen LogP contribution in [0.5, 0.6) is 0 Å². The molecule has 4 N–H and O–H groups in total. The van der Waals surface area contributed by atoms with E-state index in [0.29, 0.717) is 42.9 Å². The van der Waals surface area contributed by atoms with E-state index in [9.17, 15) is 20.4 Å². The van der Waals surface area contributed by atoms with Crippen molar-refractivity contribution in [2.75, 3.05) is 0 Å². The summed E-state index contributed by atoms with van der Waals surface area (Å²) in [6, 6.07) is 0. The molecule has 0 radical (unpaired) electrons. The van der Waals surface area contributed by atoms with Crippen molar-refractivity contribution in [1.82, 2.24) is 0 Å². The number of rotatable bonds is 4. The first-order chi connectivity index (χ1) is 14.4. The Morgan fingerprint density at radius 2 is 1.71 bits per heavy atom. The second-order valence-corrected chi connectivity index (χ2v) is 12.6. The van der Waals surface area contributed by atoms with Gasteiger partial charge in [-0.15, -0.1) is 0 Å². The zero-order valence-corrected chi connectivity index (χ0v) is 20.3. The van der Waals surface area contributed by atoms with Crippen LogP contribution in [0.15, 0.2) is 12.2 Å². The number of fused-ring (bicyclic) bond motifs is 5. The first-order valence-electron chi connectivity index (χ1n) is 12.9. The molecule has 0 amide bonds. The number of aliphatic hydroxyl groups excluding tert-OH is 3. The van der Waals surface area contributed by atoms with Gasteiger partial charge in [-0.2, -0.15) is 0 Å². The van der Waals surface area contributed by atoms with E-state index in [4.69, 9.17) is 0 Å². The van der Waals surface area contributed by atoms with Crippen LogP contribution in [0.3, 0.4) is 0 Å². The van der Waals surface area contributed by atoms with Crippen molar-refractivity contribution in [1.29, 1.82) is 0 Å². The van der Waals surface area contributed by atoms with Gasteiger partial charge in [0.15, 0.2) is 0 Å². The molecule has 0 aliphatic heterocycles. The summed E-state index contributed by atoms with van der Waals surface area (Å²) in [5.74, 6) is 2.48. The van der Waals surface area contributed by atoms with Gasteiger partial charge >= 0.3 is 0 Å². The standard InChI is InChI=1S/C27H46O4/c1-16(2)7-6-8-17(3)20-9-10-21-19-13-23(30)27(31)14-18(28)11-12-26(27,5)24(19)22(29)15-25(20,21)4/h6-7,16-24,28-31H,8-15H2,1-5H3. The molecule has 4 aliphatic carbocycles. The summed E-state index contributed by atoms with van der Waals surface area (Å²) in [5, 5.41) is 44.6. The summed E-state index contributed by atoms with van der Waals surface area (Å²) >= 11 is 0. The summed E-state index contributed by atoms with van der Waals surface area (Å²) in [7, 11) is 0. The van der Waals surface area contributed by atoms with Gasteiger partial charge in [0, 0.05) is 11.8 Å². The molecule has 0 bridgehead atoms. The molecule has 11 unspecified atom stereocenters. The molecule has 4 rings (SSSR count). The molecule has 11 atom stereocenters. The molecule has 0 saturated heterocycles. The average molecular weight is 435 g/mol. The van der Waals surface area contributed by atoms with Crippen LogP contribution in [0.2, 0.25) is 0 Å². The van der Waals surface area contributed by atoms with Crippen LogP contribution in [0.4, 0.5) is 0 Å². The Labute approximate surface area is 189 Å². The Balaban J connectivity index is 1.61. The minimum atomic E-state index is -1.30. The smallest absolute Gasteiger partial charge is 0.0986 e. The molecule has 4 heteroatoms. The highest BCUT2D eigenvalue weighted by Gasteiger charge is 2.69. The number of aliphatic hydroxyl groups is 4. The Morgan fingerprint density at radius 1 is 1.00 bits per heavy atom. The molecule has 4 saturated carbocycles. The van der Waals surface area contributed by atoms with Gasteiger partial charge in [0.2, 0.25) is 0 Å². The van der Waals surface area contributed by atoms with E-state index in [2.05, 4.69) is 46.8 Å². The number of hydrogen-bond acceptors (Lipinski definition) is 4. The van der Waals surface area contributed by atoms with Crippen molar-refractivity contribution in [2.24, 2.45) is 46.3 Å². The minimum Gasteiger partial charge on any atom is -0.393 e. The van der Waals surface area contributed by atoms with E-state index in [0.717, 1.165) is 19.3 Å². The number of allylic oxidation sites excluding steroid dienone is 2. The maximum Gasteiger partial charge on any atom is 0.0986 e. The molecule has 0 heterocycles. The lowest BCUT2D eigenvalue weighted by Gasteiger charge is -2.66. The Bertz CT molecular complexity index is 691. The van der Waals surface area contributed by atoms with E-state index in [1.807, 2.05) is 0 Å². The predicted octanol–water partition coefficient (Wildman–Crippen LogP) is 4.30. The minimum absolute atomic E-state index is 0.00127. The lowest BCUT2D eigenvalue weighted by atomic mass is 9.41. The van der Waals surface area contributed by atoms with Gasteiger partial charge in [0.1, 0.15) is 0 Å². The Morgan fingerprint density at radius 3 is 2.39 bits per heavy atom. The van der Waals surface area contributed by atoms with E-state index < -0.39 is 29.3 Å². The van der Waals surface area contributed by atoms with Gasteiger partial charge in [0.25, 0.3) is 0 Å². The van der Waals surface area contributed by atoms with Crippen molar-refractivity contribution >= 4 is 0 Å². The lowest BCUT2D eigenvalue weighted by Crippen LogP contribution is -2.71. The van der Waals surface area contributed by atoms with E-state index in [1.54, 1.807) is 0 Å². The fourth-order valence-corrected chi connectivity index (χ4v) is 9.09. The second kappa shape index (κ2) is 8.11.